The first-order chi connectivity index (χ1) is 13.5. The van der Waals surface area contributed by atoms with Crippen molar-refractivity contribution in [3.63, 3.8) is 0 Å². The van der Waals surface area contributed by atoms with Gasteiger partial charge in [-0.3, -0.25) is 14.4 Å². The summed E-state index contributed by atoms with van der Waals surface area (Å²) in [7, 11) is 0. The van der Waals surface area contributed by atoms with E-state index in [-0.39, 0.29) is 24.1 Å². The maximum Gasteiger partial charge on any atom is 0.256 e. The third kappa shape index (κ3) is 4.31. The Morgan fingerprint density at radius 1 is 1.14 bits per heavy atom. The zero-order valence-corrected chi connectivity index (χ0v) is 15.9. The van der Waals surface area contributed by atoms with Crippen molar-refractivity contribution in [2.45, 2.75) is 32.7 Å². The highest BCUT2D eigenvalue weighted by Gasteiger charge is 2.40. The summed E-state index contributed by atoms with van der Waals surface area (Å²) >= 11 is 0. The van der Waals surface area contributed by atoms with E-state index in [1.807, 2.05) is 13.0 Å². The number of hydrogen-bond donors (Lipinski definition) is 2. The zero-order chi connectivity index (χ0) is 20.1. The van der Waals surface area contributed by atoms with E-state index < -0.39 is 6.04 Å². The maximum absolute atomic E-state index is 12.9. The van der Waals surface area contributed by atoms with Crippen LogP contribution in [-0.2, 0) is 14.4 Å². The molecule has 1 fully saturated rings. The molecule has 1 aliphatic heterocycles. The fourth-order valence-corrected chi connectivity index (χ4v) is 3.06. The number of ether oxygens (including phenoxy) is 1. The second-order valence-electron chi connectivity index (χ2n) is 6.55. The SMILES string of the molecule is CCCOc1ccccc1N1C(=O)C[C@H](Nc2cccc(NC(C)=O)c2)C1=O. The van der Waals surface area contributed by atoms with E-state index in [2.05, 4.69) is 10.6 Å². The van der Waals surface area contributed by atoms with Crippen LogP contribution in [0.1, 0.15) is 26.7 Å². The van der Waals surface area contributed by atoms with E-state index in [4.69, 9.17) is 4.74 Å². The molecule has 0 bridgehead atoms. The van der Waals surface area contributed by atoms with E-state index in [1.54, 1.807) is 42.5 Å². The van der Waals surface area contributed by atoms with Crippen LogP contribution in [0.5, 0.6) is 5.75 Å². The van der Waals surface area contributed by atoms with Crippen LogP contribution in [-0.4, -0.2) is 30.4 Å². The molecule has 2 N–H and O–H groups in total. The molecule has 7 nitrogen and oxygen atoms in total. The van der Waals surface area contributed by atoms with Gasteiger partial charge in [-0.05, 0) is 36.8 Å². The van der Waals surface area contributed by atoms with Gasteiger partial charge in [0.25, 0.3) is 5.91 Å². The highest BCUT2D eigenvalue weighted by Crippen LogP contribution is 2.33. The molecule has 1 aliphatic rings. The van der Waals surface area contributed by atoms with Crippen LogP contribution in [0.15, 0.2) is 48.5 Å². The lowest BCUT2D eigenvalue weighted by Crippen LogP contribution is -2.35. The Morgan fingerprint density at radius 2 is 1.89 bits per heavy atom. The molecular weight excluding hydrogens is 358 g/mol. The minimum Gasteiger partial charge on any atom is -0.491 e. The van der Waals surface area contributed by atoms with E-state index in [0.29, 0.717) is 29.4 Å². The second-order valence-corrected chi connectivity index (χ2v) is 6.55. The largest absolute Gasteiger partial charge is 0.491 e. The molecule has 0 spiro atoms. The first kappa shape index (κ1) is 19.4. The Morgan fingerprint density at radius 3 is 2.64 bits per heavy atom. The Balaban J connectivity index is 1.78. The summed E-state index contributed by atoms with van der Waals surface area (Å²) in [6, 6.07) is 13.4. The number of benzene rings is 2. The third-order valence-electron chi connectivity index (χ3n) is 4.24. The van der Waals surface area contributed by atoms with Crippen LogP contribution in [0, 0.1) is 0 Å². The normalized spacial score (nSPS) is 16.2. The van der Waals surface area contributed by atoms with Crippen LogP contribution < -0.4 is 20.3 Å². The zero-order valence-electron chi connectivity index (χ0n) is 15.9. The molecule has 3 amide bonds. The molecule has 1 saturated heterocycles. The first-order valence-electron chi connectivity index (χ1n) is 9.22. The summed E-state index contributed by atoms with van der Waals surface area (Å²) in [4.78, 5) is 37.9. The first-order valence-corrected chi connectivity index (χ1v) is 9.22. The van der Waals surface area contributed by atoms with Gasteiger partial charge in [0.2, 0.25) is 11.8 Å². The molecule has 0 saturated carbocycles. The number of para-hydroxylation sites is 2. The van der Waals surface area contributed by atoms with Crippen LogP contribution >= 0.6 is 0 Å². The number of carbonyl (C=O) groups excluding carboxylic acids is 3. The average Bonchev–Trinajstić information content (AvgIpc) is 2.93. The standard InChI is InChI=1S/C21H23N3O4/c1-3-11-28-19-10-5-4-9-18(19)24-20(26)13-17(21(24)27)23-16-8-6-7-15(12-16)22-14(2)25/h4-10,12,17,23H,3,11,13H2,1-2H3,(H,22,25)/t17-/m0/s1. The number of imide groups is 1. The average molecular weight is 381 g/mol. The van der Waals surface area contributed by atoms with Gasteiger partial charge in [0, 0.05) is 18.3 Å². The lowest BCUT2D eigenvalue weighted by Gasteiger charge is -2.19. The molecule has 2 aromatic rings. The molecule has 3 rings (SSSR count). The molecule has 146 valence electrons. The van der Waals surface area contributed by atoms with Gasteiger partial charge < -0.3 is 15.4 Å². The van der Waals surface area contributed by atoms with Crippen molar-refractivity contribution in [3.05, 3.63) is 48.5 Å². The van der Waals surface area contributed by atoms with E-state index in [9.17, 15) is 14.4 Å². The van der Waals surface area contributed by atoms with Gasteiger partial charge in [-0.25, -0.2) is 4.90 Å². The summed E-state index contributed by atoms with van der Waals surface area (Å²) in [5.41, 5.74) is 1.72. The third-order valence-corrected chi connectivity index (χ3v) is 4.24. The molecule has 0 radical (unpaired) electrons. The van der Waals surface area contributed by atoms with Crippen LogP contribution in [0.2, 0.25) is 0 Å². The van der Waals surface area contributed by atoms with Gasteiger partial charge in [-0.2, -0.15) is 0 Å². The number of hydrogen-bond acceptors (Lipinski definition) is 5. The van der Waals surface area contributed by atoms with Crippen molar-refractivity contribution >= 4 is 34.8 Å². The molecule has 7 heteroatoms. The fraction of sp³-hybridized carbons (Fsp3) is 0.286. The number of anilines is 3. The van der Waals surface area contributed by atoms with Crippen LogP contribution in [0.4, 0.5) is 17.1 Å². The number of carbonyl (C=O) groups is 3. The van der Waals surface area contributed by atoms with Gasteiger partial charge in [0.05, 0.1) is 18.7 Å². The Labute approximate surface area is 163 Å². The predicted molar refractivity (Wildman–Crippen MR) is 107 cm³/mol. The summed E-state index contributed by atoms with van der Waals surface area (Å²) in [6.07, 6.45) is 0.871. The lowest BCUT2D eigenvalue weighted by atomic mass is 10.2. The number of rotatable bonds is 7. The van der Waals surface area contributed by atoms with Crippen LogP contribution in [0.3, 0.4) is 0 Å². The fourth-order valence-electron chi connectivity index (χ4n) is 3.06. The Hall–Kier alpha value is -3.35. The van der Waals surface area contributed by atoms with Gasteiger partial charge in [0.15, 0.2) is 0 Å². The summed E-state index contributed by atoms with van der Waals surface area (Å²) in [5, 5.41) is 5.79. The van der Waals surface area contributed by atoms with Gasteiger partial charge >= 0.3 is 0 Å². The minimum atomic E-state index is -0.681. The Kier molecular flexibility index (Phi) is 5.93. The molecule has 1 atom stereocenters. The summed E-state index contributed by atoms with van der Waals surface area (Å²) in [5.74, 6) is -0.283. The van der Waals surface area contributed by atoms with Crippen molar-refractivity contribution in [3.8, 4) is 5.75 Å². The molecule has 2 aromatic carbocycles. The topological polar surface area (TPSA) is 87.7 Å². The van der Waals surface area contributed by atoms with Crippen molar-refractivity contribution in [2.75, 3.05) is 22.1 Å². The molecule has 0 aliphatic carbocycles. The molecule has 1 heterocycles. The van der Waals surface area contributed by atoms with Crippen molar-refractivity contribution in [1.29, 1.82) is 0 Å². The van der Waals surface area contributed by atoms with Gasteiger partial charge in [0.1, 0.15) is 11.8 Å². The minimum absolute atomic E-state index is 0.0469. The highest BCUT2D eigenvalue weighted by atomic mass is 16.5. The monoisotopic (exact) mass is 381 g/mol. The van der Waals surface area contributed by atoms with Gasteiger partial charge in [-0.15, -0.1) is 0 Å². The van der Waals surface area contributed by atoms with Crippen molar-refractivity contribution in [1.82, 2.24) is 0 Å². The van der Waals surface area contributed by atoms with Crippen LogP contribution in [0.25, 0.3) is 0 Å². The van der Waals surface area contributed by atoms with Crippen molar-refractivity contribution < 1.29 is 19.1 Å². The number of amides is 3. The Bertz CT molecular complexity index is 897. The number of nitrogens with one attached hydrogen (secondary N) is 2. The molecule has 28 heavy (non-hydrogen) atoms. The van der Waals surface area contributed by atoms with E-state index >= 15 is 0 Å². The van der Waals surface area contributed by atoms with E-state index in [1.165, 1.54) is 11.8 Å². The molecule has 0 aromatic heterocycles. The predicted octanol–water partition coefficient (Wildman–Crippen LogP) is 3.18. The maximum atomic E-state index is 12.9. The summed E-state index contributed by atoms with van der Waals surface area (Å²) in [6.45, 7) is 3.92. The molecular formula is C21H23N3O4. The van der Waals surface area contributed by atoms with Crippen molar-refractivity contribution in [2.24, 2.45) is 0 Å². The van der Waals surface area contributed by atoms with E-state index in [0.717, 1.165) is 6.42 Å². The molecule has 0 unspecified atom stereocenters. The smallest absolute Gasteiger partial charge is 0.256 e. The highest BCUT2D eigenvalue weighted by molar-refractivity contribution is 6.23. The number of nitrogens with zero attached hydrogens (tertiary/aromatic N) is 1. The summed E-state index contributed by atoms with van der Waals surface area (Å²) < 4.78 is 5.69. The lowest BCUT2D eigenvalue weighted by molar-refractivity contribution is -0.121. The van der Waals surface area contributed by atoms with Gasteiger partial charge in [-0.1, -0.05) is 25.1 Å². The quantitative estimate of drug-likeness (QED) is 0.719. The second kappa shape index (κ2) is 8.56.